The molecule has 3 aliphatic carbocycles. The molecule has 0 aromatic rings. The Morgan fingerprint density at radius 2 is 2.09 bits per heavy atom. The highest BCUT2D eigenvalue weighted by Crippen LogP contribution is 2.66. The highest BCUT2D eigenvalue weighted by molar-refractivity contribution is 5.89. The van der Waals surface area contributed by atoms with Crippen LogP contribution in [0.5, 0.6) is 0 Å². The van der Waals surface area contributed by atoms with E-state index in [0.717, 1.165) is 18.3 Å². The van der Waals surface area contributed by atoms with Crippen molar-refractivity contribution in [2.75, 3.05) is 0 Å². The van der Waals surface area contributed by atoms with E-state index in [2.05, 4.69) is 0 Å². The standard InChI is InChI=1S/C10H14O/c11-9-4-3-8-6-7-2-1-5-10(7,8)9/h7-8H,1-6H2/t7-,8-,10?/m1/s1. The summed E-state index contributed by atoms with van der Waals surface area (Å²) in [6.07, 6.45) is 7.42. The molecule has 0 radical (unpaired) electrons. The number of Topliss-reactive ketones (excluding diaryl/α,β-unsaturated/α-hetero) is 1. The molecule has 1 heteroatoms. The van der Waals surface area contributed by atoms with E-state index in [4.69, 9.17) is 0 Å². The van der Waals surface area contributed by atoms with E-state index in [1.807, 2.05) is 0 Å². The van der Waals surface area contributed by atoms with Gasteiger partial charge in [-0.2, -0.15) is 0 Å². The summed E-state index contributed by atoms with van der Waals surface area (Å²) in [5.74, 6) is 2.27. The molecule has 3 saturated carbocycles. The number of carbonyl (C=O) groups is 1. The summed E-state index contributed by atoms with van der Waals surface area (Å²) in [4.78, 5) is 11.6. The van der Waals surface area contributed by atoms with Crippen LogP contribution in [0, 0.1) is 17.3 Å². The molecule has 3 fully saturated rings. The molecule has 0 heterocycles. The zero-order chi connectivity index (χ0) is 7.47. The molecule has 0 aromatic heterocycles. The van der Waals surface area contributed by atoms with Crippen molar-refractivity contribution >= 4 is 5.78 Å². The molecule has 1 unspecified atom stereocenters. The highest BCUT2D eigenvalue weighted by Gasteiger charge is 2.63. The zero-order valence-corrected chi connectivity index (χ0v) is 6.81. The minimum atomic E-state index is 0.264. The third kappa shape index (κ3) is 0.502. The van der Waals surface area contributed by atoms with Gasteiger partial charge in [-0.15, -0.1) is 0 Å². The van der Waals surface area contributed by atoms with Crippen LogP contribution in [0.1, 0.15) is 38.5 Å². The lowest BCUT2D eigenvalue weighted by Gasteiger charge is -2.47. The van der Waals surface area contributed by atoms with Crippen LogP contribution < -0.4 is 0 Å². The second-order valence-corrected chi connectivity index (χ2v) is 4.52. The molecule has 0 bridgehead atoms. The van der Waals surface area contributed by atoms with Crippen molar-refractivity contribution in [2.24, 2.45) is 17.3 Å². The third-order valence-electron chi connectivity index (χ3n) is 4.41. The van der Waals surface area contributed by atoms with Gasteiger partial charge in [-0.25, -0.2) is 0 Å². The molecular weight excluding hydrogens is 136 g/mol. The first-order valence-corrected chi connectivity index (χ1v) is 4.87. The van der Waals surface area contributed by atoms with Gasteiger partial charge in [0.05, 0.1) is 0 Å². The van der Waals surface area contributed by atoms with Gasteiger partial charge >= 0.3 is 0 Å². The fourth-order valence-corrected chi connectivity index (χ4v) is 3.87. The Kier molecular flexibility index (Phi) is 0.961. The van der Waals surface area contributed by atoms with Crippen molar-refractivity contribution in [3.8, 4) is 0 Å². The molecule has 0 N–H and O–H groups in total. The van der Waals surface area contributed by atoms with Crippen molar-refractivity contribution in [3.63, 3.8) is 0 Å². The van der Waals surface area contributed by atoms with Crippen LogP contribution in [0.3, 0.4) is 0 Å². The highest BCUT2D eigenvalue weighted by atomic mass is 16.1. The minimum absolute atomic E-state index is 0.264. The van der Waals surface area contributed by atoms with Crippen LogP contribution in [-0.2, 0) is 4.79 Å². The van der Waals surface area contributed by atoms with Gasteiger partial charge in [0.15, 0.2) is 0 Å². The molecule has 3 rings (SSSR count). The summed E-state index contributed by atoms with van der Waals surface area (Å²) in [5.41, 5.74) is 0.264. The Morgan fingerprint density at radius 1 is 1.27 bits per heavy atom. The fraction of sp³-hybridized carbons (Fsp3) is 0.900. The number of ketones is 1. The van der Waals surface area contributed by atoms with E-state index in [0.29, 0.717) is 5.78 Å². The number of carbonyl (C=O) groups excluding carboxylic acids is 1. The van der Waals surface area contributed by atoms with E-state index in [1.165, 1.54) is 32.1 Å². The maximum atomic E-state index is 11.6. The van der Waals surface area contributed by atoms with Gasteiger partial charge in [0, 0.05) is 11.8 Å². The van der Waals surface area contributed by atoms with Gasteiger partial charge in [0.25, 0.3) is 0 Å². The quantitative estimate of drug-likeness (QED) is 0.517. The van der Waals surface area contributed by atoms with Gasteiger partial charge < -0.3 is 0 Å². The fourth-order valence-electron chi connectivity index (χ4n) is 3.87. The Hall–Kier alpha value is -0.330. The summed E-state index contributed by atoms with van der Waals surface area (Å²) in [7, 11) is 0. The number of hydrogen-bond donors (Lipinski definition) is 0. The van der Waals surface area contributed by atoms with E-state index in [1.54, 1.807) is 0 Å². The SMILES string of the molecule is O=C1CC[C@@H]2C[C@H]3CCCC132. The van der Waals surface area contributed by atoms with Crippen molar-refractivity contribution in [1.29, 1.82) is 0 Å². The van der Waals surface area contributed by atoms with Crippen LogP contribution in [0.25, 0.3) is 0 Å². The lowest BCUT2D eigenvalue weighted by Crippen LogP contribution is -2.46. The minimum Gasteiger partial charge on any atom is -0.299 e. The Morgan fingerprint density at radius 3 is 2.82 bits per heavy atom. The predicted octanol–water partition coefficient (Wildman–Crippen LogP) is 2.16. The maximum Gasteiger partial charge on any atom is 0.139 e. The van der Waals surface area contributed by atoms with Crippen molar-refractivity contribution < 1.29 is 4.79 Å². The summed E-state index contributed by atoms with van der Waals surface area (Å²) < 4.78 is 0. The van der Waals surface area contributed by atoms with E-state index in [-0.39, 0.29) is 5.41 Å². The summed E-state index contributed by atoms with van der Waals surface area (Å²) in [5, 5.41) is 0. The Balaban J connectivity index is 2.03. The summed E-state index contributed by atoms with van der Waals surface area (Å²) >= 11 is 0. The zero-order valence-electron chi connectivity index (χ0n) is 6.81. The first-order valence-electron chi connectivity index (χ1n) is 4.87. The second kappa shape index (κ2) is 1.70. The van der Waals surface area contributed by atoms with E-state index in [9.17, 15) is 4.79 Å². The monoisotopic (exact) mass is 150 g/mol. The smallest absolute Gasteiger partial charge is 0.139 e. The van der Waals surface area contributed by atoms with Crippen LogP contribution in [0.2, 0.25) is 0 Å². The molecule has 3 aliphatic rings. The lowest BCUT2D eigenvalue weighted by atomic mass is 9.56. The molecule has 0 aromatic carbocycles. The third-order valence-corrected chi connectivity index (χ3v) is 4.41. The molecule has 0 aliphatic heterocycles. The van der Waals surface area contributed by atoms with E-state index >= 15 is 0 Å². The van der Waals surface area contributed by atoms with Crippen molar-refractivity contribution in [1.82, 2.24) is 0 Å². The molecule has 0 saturated heterocycles. The lowest BCUT2D eigenvalue weighted by molar-refractivity contribution is -0.136. The number of hydrogen-bond acceptors (Lipinski definition) is 1. The van der Waals surface area contributed by atoms with Crippen LogP contribution >= 0.6 is 0 Å². The van der Waals surface area contributed by atoms with E-state index < -0.39 is 0 Å². The Labute approximate surface area is 67.2 Å². The molecular formula is C10H14O. The molecule has 1 spiro atoms. The predicted molar refractivity (Wildman–Crippen MR) is 42.1 cm³/mol. The van der Waals surface area contributed by atoms with Gasteiger partial charge in [0.2, 0.25) is 0 Å². The van der Waals surface area contributed by atoms with Crippen molar-refractivity contribution in [2.45, 2.75) is 38.5 Å². The van der Waals surface area contributed by atoms with Crippen LogP contribution in [0.15, 0.2) is 0 Å². The van der Waals surface area contributed by atoms with Crippen LogP contribution in [0.4, 0.5) is 0 Å². The molecule has 60 valence electrons. The average Bonchev–Trinajstić information content (AvgIpc) is 2.41. The second-order valence-electron chi connectivity index (χ2n) is 4.52. The van der Waals surface area contributed by atoms with Crippen LogP contribution in [-0.4, -0.2) is 5.78 Å². The maximum absolute atomic E-state index is 11.6. The summed E-state index contributed by atoms with van der Waals surface area (Å²) in [6.45, 7) is 0. The Bertz CT molecular complexity index is 215. The largest absolute Gasteiger partial charge is 0.299 e. The molecule has 3 atom stereocenters. The average molecular weight is 150 g/mol. The first-order chi connectivity index (χ1) is 5.34. The number of rotatable bonds is 0. The van der Waals surface area contributed by atoms with Gasteiger partial charge in [0.1, 0.15) is 5.78 Å². The topological polar surface area (TPSA) is 17.1 Å². The summed E-state index contributed by atoms with van der Waals surface area (Å²) in [6, 6.07) is 0. The normalized spacial score (nSPS) is 53.6. The molecule has 11 heavy (non-hydrogen) atoms. The van der Waals surface area contributed by atoms with Gasteiger partial charge in [-0.3, -0.25) is 4.79 Å². The molecule has 1 nitrogen and oxygen atoms in total. The first kappa shape index (κ1) is 6.22. The van der Waals surface area contributed by atoms with Gasteiger partial charge in [-0.05, 0) is 37.5 Å². The van der Waals surface area contributed by atoms with Gasteiger partial charge in [-0.1, -0.05) is 6.42 Å². The molecule has 0 amide bonds. The van der Waals surface area contributed by atoms with Crippen molar-refractivity contribution in [3.05, 3.63) is 0 Å².